The van der Waals surface area contributed by atoms with E-state index in [1.807, 2.05) is 11.8 Å². The summed E-state index contributed by atoms with van der Waals surface area (Å²) >= 11 is 0. The number of nitrogens with one attached hydrogen (secondary N) is 1. The number of carbonyl (C=O) groups is 1. The quantitative estimate of drug-likeness (QED) is 0.534. The molecule has 0 amide bonds. The van der Waals surface area contributed by atoms with Gasteiger partial charge in [-0.15, -0.1) is 12.4 Å². The van der Waals surface area contributed by atoms with Gasteiger partial charge >= 0.3 is 5.97 Å². The minimum Gasteiger partial charge on any atom is -0.467 e. The van der Waals surface area contributed by atoms with Gasteiger partial charge in [-0.3, -0.25) is 0 Å². The number of halogens is 2. The Morgan fingerprint density at radius 2 is 1.83 bits per heavy atom. The topological polar surface area (TPSA) is 109 Å². The molecule has 10 nitrogen and oxygen atoms in total. The predicted octanol–water partition coefficient (Wildman–Crippen LogP) is 1.96. The minimum absolute atomic E-state index is 0. The molecule has 0 saturated carbocycles. The van der Waals surface area contributed by atoms with Gasteiger partial charge in [0.1, 0.15) is 23.5 Å². The van der Waals surface area contributed by atoms with E-state index in [4.69, 9.17) is 9.72 Å². The van der Waals surface area contributed by atoms with Gasteiger partial charge in [-0.1, -0.05) is 0 Å². The second kappa shape index (κ2) is 10.4. The highest BCUT2D eigenvalue weighted by molar-refractivity contribution is 5.85. The summed E-state index contributed by atoms with van der Waals surface area (Å²) in [6, 6.07) is 3.86. The number of piperazine rings is 1. The van der Waals surface area contributed by atoms with Crippen LogP contribution in [-0.4, -0.2) is 70.2 Å². The van der Waals surface area contributed by atoms with Crippen LogP contribution in [0.2, 0.25) is 0 Å². The Morgan fingerprint density at radius 1 is 1.09 bits per heavy atom. The number of pyridine rings is 1. The van der Waals surface area contributed by atoms with Gasteiger partial charge in [0.15, 0.2) is 11.6 Å². The number of ether oxygens (including phenoxy) is 1. The lowest BCUT2D eigenvalue weighted by atomic mass is 9.99. The summed E-state index contributed by atoms with van der Waals surface area (Å²) in [4.78, 5) is 38.5. The normalized spacial score (nSPS) is 19.5. The third-order valence-corrected chi connectivity index (χ3v) is 6.24. The van der Waals surface area contributed by atoms with Crippen LogP contribution < -0.4 is 15.1 Å². The number of anilines is 2. The minimum atomic E-state index is -0.563. The first kappa shape index (κ1) is 24.7. The predicted molar refractivity (Wildman–Crippen MR) is 130 cm³/mol. The van der Waals surface area contributed by atoms with Gasteiger partial charge in [0.25, 0.3) is 0 Å². The maximum absolute atomic E-state index is 14.7. The molecule has 5 rings (SSSR count). The number of methoxy groups -OCH3 is 1. The van der Waals surface area contributed by atoms with Crippen molar-refractivity contribution in [2.24, 2.45) is 0 Å². The third kappa shape index (κ3) is 4.87. The fraction of sp³-hybridized carbons (Fsp3) is 0.391. The first-order valence-corrected chi connectivity index (χ1v) is 11.2. The lowest BCUT2D eigenvalue weighted by Gasteiger charge is -2.38. The van der Waals surface area contributed by atoms with Crippen molar-refractivity contribution >= 4 is 30.0 Å². The average Bonchev–Trinajstić information content (AvgIpc) is 2.88. The molecular formula is C23H26ClFN8O2. The van der Waals surface area contributed by atoms with Crippen molar-refractivity contribution in [3.63, 3.8) is 0 Å². The van der Waals surface area contributed by atoms with Crippen LogP contribution in [0.3, 0.4) is 0 Å². The number of nitrogens with zero attached hydrogens (tertiary/aromatic N) is 7. The van der Waals surface area contributed by atoms with E-state index in [1.165, 1.54) is 19.2 Å². The summed E-state index contributed by atoms with van der Waals surface area (Å²) in [7, 11) is 1.35. The molecule has 2 aliphatic rings. The molecule has 2 atom stereocenters. The Kier molecular flexibility index (Phi) is 7.37. The fourth-order valence-electron chi connectivity index (χ4n) is 4.49. The Labute approximate surface area is 208 Å². The Balaban J connectivity index is 0.00000289. The number of fused-ring (bicyclic) bond motifs is 1. The molecule has 12 heteroatoms. The van der Waals surface area contributed by atoms with Crippen LogP contribution in [0.4, 0.5) is 16.0 Å². The molecule has 1 N–H and O–H groups in total. The number of rotatable bonds is 4. The summed E-state index contributed by atoms with van der Waals surface area (Å²) in [5, 5.41) is 3.18. The Morgan fingerprint density at radius 3 is 2.57 bits per heavy atom. The van der Waals surface area contributed by atoms with Crippen LogP contribution in [0, 0.1) is 5.82 Å². The van der Waals surface area contributed by atoms with Crippen molar-refractivity contribution in [2.45, 2.75) is 25.4 Å². The molecule has 1 saturated heterocycles. The summed E-state index contributed by atoms with van der Waals surface area (Å²) in [6.45, 7) is 4.23. The van der Waals surface area contributed by atoms with E-state index in [9.17, 15) is 9.18 Å². The number of hydrogen-bond acceptors (Lipinski definition) is 10. The number of aromatic nitrogens is 5. The van der Waals surface area contributed by atoms with Crippen LogP contribution in [0.25, 0.3) is 11.6 Å². The maximum atomic E-state index is 14.7. The standard InChI is InChI=1S/C23H25FN8O2.ClH/c1-14-16-12-28-22(21-26-5-3-6-27-21)29-17(16)4-8-31(14)19-10-15(24)11-20(30-19)32-9-7-25-13-18(32)23(33)34-2;/h3,5-6,10-12,14,18,25H,4,7-9,13H2,1-2H3;1H. The van der Waals surface area contributed by atoms with Crippen LogP contribution in [0.15, 0.2) is 36.8 Å². The average molecular weight is 501 g/mol. The summed E-state index contributed by atoms with van der Waals surface area (Å²) in [5.74, 6) is 1.10. The monoisotopic (exact) mass is 500 g/mol. The van der Waals surface area contributed by atoms with E-state index in [1.54, 1.807) is 29.6 Å². The highest BCUT2D eigenvalue weighted by Crippen LogP contribution is 2.33. The molecular weight excluding hydrogens is 475 g/mol. The molecule has 35 heavy (non-hydrogen) atoms. The number of carbonyl (C=O) groups excluding carboxylic acids is 1. The van der Waals surface area contributed by atoms with E-state index < -0.39 is 11.9 Å². The van der Waals surface area contributed by atoms with E-state index in [2.05, 4.69) is 25.3 Å². The van der Waals surface area contributed by atoms with Gasteiger partial charge in [0.2, 0.25) is 0 Å². The van der Waals surface area contributed by atoms with Gasteiger partial charge in [-0.2, -0.15) is 0 Å². The van der Waals surface area contributed by atoms with Crippen LogP contribution in [0.1, 0.15) is 24.2 Å². The molecule has 0 aromatic carbocycles. The van der Waals surface area contributed by atoms with Gasteiger partial charge in [-0.05, 0) is 13.0 Å². The van der Waals surface area contributed by atoms with Gasteiger partial charge in [0, 0.05) is 68.9 Å². The highest BCUT2D eigenvalue weighted by Gasteiger charge is 2.32. The van der Waals surface area contributed by atoms with Crippen molar-refractivity contribution < 1.29 is 13.9 Å². The second-order valence-electron chi connectivity index (χ2n) is 8.23. The molecule has 2 unspecified atom stereocenters. The lowest BCUT2D eigenvalue weighted by molar-refractivity contribution is -0.142. The fourth-order valence-corrected chi connectivity index (χ4v) is 4.49. The molecule has 0 bridgehead atoms. The molecule has 184 valence electrons. The number of hydrogen-bond donors (Lipinski definition) is 1. The van der Waals surface area contributed by atoms with Crippen LogP contribution >= 0.6 is 12.4 Å². The highest BCUT2D eigenvalue weighted by atomic mass is 35.5. The molecule has 3 aromatic heterocycles. The van der Waals surface area contributed by atoms with Crippen LogP contribution in [-0.2, 0) is 16.0 Å². The smallest absolute Gasteiger partial charge is 0.329 e. The third-order valence-electron chi connectivity index (χ3n) is 6.24. The largest absolute Gasteiger partial charge is 0.467 e. The summed E-state index contributed by atoms with van der Waals surface area (Å²) in [6.07, 6.45) is 5.75. The molecule has 3 aromatic rings. The first-order valence-electron chi connectivity index (χ1n) is 11.2. The second-order valence-corrected chi connectivity index (χ2v) is 8.23. The van der Waals surface area contributed by atoms with Crippen molar-refractivity contribution in [2.75, 3.05) is 43.1 Å². The molecule has 0 radical (unpaired) electrons. The zero-order valence-corrected chi connectivity index (χ0v) is 20.2. The van der Waals surface area contributed by atoms with Crippen molar-refractivity contribution in [3.8, 4) is 11.6 Å². The van der Waals surface area contributed by atoms with Gasteiger partial charge in [0.05, 0.1) is 18.8 Å². The van der Waals surface area contributed by atoms with Gasteiger partial charge in [-0.25, -0.2) is 34.1 Å². The number of esters is 1. The summed E-state index contributed by atoms with van der Waals surface area (Å²) in [5.41, 5.74) is 1.87. The van der Waals surface area contributed by atoms with Crippen molar-refractivity contribution in [3.05, 3.63) is 53.9 Å². The molecule has 2 aliphatic heterocycles. The van der Waals surface area contributed by atoms with Crippen molar-refractivity contribution in [1.82, 2.24) is 30.2 Å². The molecule has 1 fully saturated rings. The molecule has 5 heterocycles. The van der Waals surface area contributed by atoms with E-state index in [0.29, 0.717) is 55.9 Å². The first-order chi connectivity index (χ1) is 16.5. The zero-order valence-electron chi connectivity index (χ0n) is 19.4. The van der Waals surface area contributed by atoms with Crippen LogP contribution in [0.5, 0.6) is 0 Å². The Hall–Kier alpha value is -3.44. The van der Waals surface area contributed by atoms with Crippen molar-refractivity contribution in [1.29, 1.82) is 0 Å². The zero-order chi connectivity index (χ0) is 23.7. The molecule has 0 spiro atoms. The summed E-state index contributed by atoms with van der Waals surface area (Å²) < 4.78 is 19.7. The maximum Gasteiger partial charge on any atom is 0.329 e. The SMILES string of the molecule is COC(=O)C1CNCCN1c1cc(F)cc(N2CCc3nc(-c4ncccn4)ncc3C2C)n1.Cl. The van der Waals surface area contributed by atoms with E-state index >= 15 is 0 Å². The van der Waals surface area contributed by atoms with E-state index in [-0.39, 0.29) is 24.4 Å². The molecule has 0 aliphatic carbocycles. The van der Waals surface area contributed by atoms with Gasteiger partial charge < -0.3 is 19.9 Å². The lowest BCUT2D eigenvalue weighted by Crippen LogP contribution is -2.55. The Bertz CT molecular complexity index is 1200. The van der Waals surface area contributed by atoms with E-state index in [0.717, 1.165) is 11.3 Å².